The summed E-state index contributed by atoms with van der Waals surface area (Å²) in [7, 11) is 0. The van der Waals surface area contributed by atoms with Gasteiger partial charge in [-0.2, -0.15) is 0 Å². The highest BCUT2D eigenvalue weighted by molar-refractivity contribution is 6.11. The molecule has 4 atom stereocenters. The summed E-state index contributed by atoms with van der Waals surface area (Å²) in [5, 5.41) is 17.7. The van der Waals surface area contributed by atoms with Gasteiger partial charge in [0.05, 0.1) is 42.4 Å². The Labute approximate surface area is 223 Å². The van der Waals surface area contributed by atoms with E-state index in [1.165, 1.54) is 17.9 Å². The number of hydrogen-bond donors (Lipinski definition) is 4. The van der Waals surface area contributed by atoms with E-state index in [0.29, 0.717) is 6.29 Å². The van der Waals surface area contributed by atoms with Gasteiger partial charge >= 0.3 is 0 Å². The average Bonchev–Trinajstić information content (AvgIpc) is 3.36. The Morgan fingerprint density at radius 2 is 1.97 bits per heavy atom. The molecular weight excluding hydrogens is 508 g/mol. The molecule has 4 rings (SSSR count). The highest BCUT2D eigenvalue weighted by Crippen LogP contribution is 2.33. The zero-order valence-electron chi connectivity index (χ0n) is 21.1. The maximum absolute atomic E-state index is 13.8. The van der Waals surface area contributed by atoms with Gasteiger partial charge in [0.2, 0.25) is 5.91 Å². The first-order valence-electron chi connectivity index (χ1n) is 12.3. The van der Waals surface area contributed by atoms with Crippen LogP contribution in [0.1, 0.15) is 13.3 Å². The molecule has 0 bridgehead atoms. The van der Waals surface area contributed by atoms with Gasteiger partial charge in [-0.3, -0.25) is 33.9 Å². The van der Waals surface area contributed by atoms with Crippen molar-refractivity contribution in [3.63, 3.8) is 0 Å². The van der Waals surface area contributed by atoms with Gasteiger partial charge in [-0.15, -0.1) is 0 Å². The molecule has 39 heavy (non-hydrogen) atoms. The predicted molar refractivity (Wildman–Crippen MR) is 140 cm³/mol. The van der Waals surface area contributed by atoms with E-state index < -0.39 is 48.9 Å². The average molecular weight is 537 g/mol. The van der Waals surface area contributed by atoms with Crippen molar-refractivity contribution in [2.24, 2.45) is 4.99 Å². The Kier molecular flexibility index (Phi) is 8.30. The smallest absolute Gasteiger partial charge is 0.252 e. The Balaban J connectivity index is 1.62. The van der Waals surface area contributed by atoms with E-state index in [9.17, 15) is 33.9 Å². The van der Waals surface area contributed by atoms with Crippen LogP contribution in [-0.2, 0) is 28.8 Å². The number of aliphatic hydroxyl groups excluding tert-OH is 1. The molecule has 204 valence electrons. The van der Waals surface area contributed by atoms with Crippen LogP contribution in [0.2, 0.25) is 0 Å². The Morgan fingerprint density at radius 3 is 2.67 bits per heavy atom. The van der Waals surface area contributed by atoms with Crippen molar-refractivity contribution in [3.05, 3.63) is 48.1 Å². The van der Waals surface area contributed by atoms with Gasteiger partial charge in [-0.1, -0.05) is 24.3 Å². The maximum Gasteiger partial charge on any atom is 0.252 e. The summed E-state index contributed by atoms with van der Waals surface area (Å²) in [6.07, 6.45) is 6.80. The summed E-state index contributed by atoms with van der Waals surface area (Å²) in [5.41, 5.74) is 0.723. The molecule has 13 nitrogen and oxygen atoms in total. The Bertz CT molecular complexity index is 1290. The lowest BCUT2D eigenvalue weighted by Crippen LogP contribution is -2.55. The number of benzene rings is 1. The van der Waals surface area contributed by atoms with Crippen molar-refractivity contribution in [2.45, 2.75) is 37.5 Å². The summed E-state index contributed by atoms with van der Waals surface area (Å²) >= 11 is 0. The van der Waals surface area contributed by atoms with Crippen LogP contribution in [0.25, 0.3) is 0 Å². The number of carbonyl (C=O) groups excluding carboxylic acids is 6. The fraction of sp³-hybridized carbons (Fsp3) is 0.346. The number of para-hydroxylation sites is 2. The van der Waals surface area contributed by atoms with Crippen LogP contribution in [0.15, 0.2) is 53.1 Å². The molecule has 0 spiro atoms. The minimum Gasteiger partial charge on any atom is -0.387 e. The van der Waals surface area contributed by atoms with E-state index in [2.05, 4.69) is 20.9 Å². The highest BCUT2D eigenvalue weighted by Gasteiger charge is 2.38. The second kappa shape index (κ2) is 11.8. The van der Waals surface area contributed by atoms with Gasteiger partial charge < -0.3 is 30.8 Å². The molecule has 0 saturated heterocycles. The van der Waals surface area contributed by atoms with E-state index in [1.807, 2.05) is 0 Å². The monoisotopic (exact) mass is 536 g/mol. The number of aliphatic imine (C=N–C) groups is 1. The number of nitrogens with one attached hydrogen (secondary N) is 3. The molecule has 0 radical (unpaired) electrons. The van der Waals surface area contributed by atoms with Gasteiger partial charge in [0.1, 0.15) is 31.3 Å². The third-order valence-electron chi connectivity index (χ3n) is 6.43. The highest BCUT2D eigenvalue weighted by atomic mass is 16.3. The van der Waals surface area contributed by atoms with E-state index in [-0.39, 0.29) is 47.8 Å². The summed E-state index contributed by atoms with van der Waals surface area (Å²) in [6, 6.07) is 3.59. The molecule has 4 amide bonds. The zero-order valence-corrected chi connectivity index (χ0v) is 21.1. The number of rotatable bonds is 9. The van der Waals surface area contributed by atoms with E-state index in [0.717, 1.165) is 4.90 Å². The molecule has 2 heterocycles. The second-order valence-corrected chi connectivity index (χ2v) is 9.26. The topological polar surface area (TPSA) is 178 Å². The third-order valence-corrected chi connectivity index (χ3v) is 6.43. The number of amides is 4. The first-order valence-corrected chi connectivity index (χ1v) is 12.3. The molecule has 0 fully saturated rings. The largest absolute Gasteiger partial charge is 0.387 e. The molecule has 1 aromatic carbocycles. The van der Waals surface area contributed by atoms with Gasteiger partial charge in [0, 0.05) is 12.0 Å². The molecule has 4 N–H and O–H groups in total. The molecule has 0 aromatic heterocycles. The number of aliphatic hydroxyl groups is 1. The number of aldehydes is 1. The Hall–Kier alpha value is -4.65. The van der Waals surface area contributed by atoms with Gasteiger partial charge in [-0.05, 0) is 25.1 Å². The molecule has 1 aliphatic carbocycles. The van der Waals surface area contributed by atoms with Crippen molar-refractivity contribution in [2.75, 3.05) is 29.5 Å². The molecule has 1 aromatic rings. The third kappa shape index (κ3) is 6.09. The normalized spacial score (nSPS) is 22.1. The van der Waals surface area contributed by atoms with E-state index >= 15 is 0 Å². The number of anilines is 2. The van der Waals surface area contributed by atoms with Crippen molar-refractivity contribution in [1.82, 2.24) is 16.0 Å². The van der Waals surface area contributed by atoms with Crippen LogP contribution >= 0.6 is 0 Å². The van der Waals surface area contributed by atoms with Crippen LogP contribution in [0.3, 0.4) is 0 Å². The first-order chi connectivity index (χ1) is 18.7. The van der Waals surface area contributed by atoms with Crippen LogP contribution in [0.4, 0.5) is 11.4 Å². The fourth-order valence-electron chi connectivity index (χ4n) is 4.58. The predicted octanol–water partition coefficient (Wildman–Crippen LogP) is -1.63. The molecule has 0 saturated carbocycles. The Morgan fingerprint density at radius 1 is 1.23 bits per heavy atom. The zero-order chi connectivity index (χ0) is 28.1. The molecule has 13 heteroatoms. The van der Waals surface area contributed by atoms with Crippen LogP contribution in [0.5, 0.6) is 0 Å². The summed E-state index contributed by atoms with van der Waals surface area (Å²) in [4.78, 5) is 81.8. The van der Waals surface area contributed by atoms with Crippen LogP contribution in [-0.4, -0.2) is 91.0 Å². The minimum atomic E-state index is -1.29. The molecule has 2 aliphatic heterocycles. The summed E-state index contributed by atoms with van der Waals surface area (Å²) in [5.74, 6) is -3.00. The number of Topliss-reactive ketones (excluding diaryl/α,β-unsaturated/α-hetero) is 1. The van der Waals surface area contributed by atoms with Gasteiger partial charge in [-0.25, -0.2) is 0 Å². The number of hydrogen-bond acceptors (Lipinski definition) is 9. The standard InChI is InChI=1S/C26H28N6O7/c1-15(35)8-17(12-33)29-23(36)11-32-22-5-3-2-4-21(22)31(24(37)13-34)10-20(26(32)39)30-25(38)16-6-7-18-19(9-16)28-14-27-18/h2-7,9,12,14,17-20,34H,8,10-11,13H2,1H3,(H,27,28)(H,29,36)(H,30,38)/t17?,18?,19?,20-/m0/s1. The number of fused-ring (bicyclic) bond motifs is 2. The number of nitrogens with zero attached hydrogens (tertiary/aromatic N) is 3. The van der Waals surface area contributed by atoms with Crippen LogP contribution < -0.4 is 25.8 Å². The van der Waals surface area contributed by atoms with Gasteiger partial charge in [0.25, 0.3) is 17.7 Å². The van der Waals surface area contributed by atoms with Gasteiger partial charge in [0.15, 0.2) is 0 Å². The number of carbonyl (C=O) groups is 6. The van der Waals surface area contributed by atoms with E-state index in [1.54, 1.807) is 42.8 Å². The molecular formula is C26H28N6O7. The molecule has 3 aliphatic rings. The lowest BCUT2D eigenvalue weighted by atomic mass is 9.98. The van der Waals surface area contributed by atoms with Crippen molar-refractivity contribution in [3.8, 4) is 0 Å². The van der Waals surface area contributed by atoms with E-state index in [4.69, 9.17) is 0 Å². The lowest BCUT2D eigenvalue weighted by molar-refractivity contribution is -0.128. The second-order valence-electron chi connectivity index (χ2n) is 9.26. The SMILES string of the molecule is CC(=O)CC(C=O)NC(=O)CN1C(=O)[C@@H](NC(=O)C2=CC3NC=NC3C=C2)CN(C(=O)CO)c2ccccc21. The summed E-state index contributed by atoms with van der Waals surface area (Å²) < 4.78 is 0. The quantitative estimate of drug-likeness (QED) is 0.272. The van der Waals surface area contributed by atoms with Crippen molar-refractivity contribution < 1.29 is 33.9 Å². The lowest BCUT2D eigenvalue weighted by Gasteiger charge is -2.26. The number of ketones is 1. The van der Waals surface area contributed by atoms with Crippen LogP contribution in [0, 0.1) is 0 Å². The maximum atomic E-state index is 13.8. The summed E-state index contributed by atoms with van der Waals surface area (Å²) in [6.45, 7) is -0.424. The fourth-order valence-corrected chi connectivity index (χ4v) is 4.58. The van der Waals surface area contributed by atoms with Crippen molar-refractivity contribution in [1.29, 1.82) is 0 Å². The minimum absolute atomic E-state index is 0.138. The molecule has 3 unspecified atom stereocenters. The van der Waals surface area contributed by atoms with Crippen molar-refractivity contribution >= 4 is 53.4 Å². The first kappa shape index (κ1) is 27.4.